The van der Waals surface area contributed by atoms with E-state index in [0.717, 1.165) is 44.3 Å². The molecular formula is C19H28N2O3S. The number of likely N-dealkylation sites (tertiary alicyclic amines) is 1. The molecule has 0 N–H and O–H groups in total. The fourth-order valence-electron chi connectivity index (χ4n) is 3.74. The molecule has 138 valence electrons. The molecule has 2 fully saturated rings. The highest BCUT2D eigenvalue weighted by atomic mass is 32.2. The summed E-state index contributed by atoms with van der Waals surface area (Å²) in [5, 5.41) is 0. The van der Waals surface area contributed by atoms with E-state index in [-0.39, 0.29) is 11.7 Å². The quantitative estimate of drug-likeness (QED) is 0.825. The minimum absolute atomic E-state index is 0.0161. The van der Waals surface area contributed by atoms with Crippen LogP contribution in [0.5, 0.6) is 0 Å². The zero-order valence-corrected chi connectivity index (χ0v) is 15.8. The van der Waals surface area contributed by atoms with E-state index in [9.17, 15) is 13.2 Å². The molecule has 1 aromatic rings. The van der Waals surface area contributed by atoms with E-state index < -0.39 is 10.0 Å². The molecule has 5 nitrogen and oxygen atoms in total. The zero-order chi connectivity index (χ0) is 17.9. The van der Waals surface area contributed by atoms with Crippen molar-refractivity contribution in [2.24, 2.45) is 5.92 Å². The second-order valence-electron chi connectivity index (χ2n) is 7.41. The van der Waals surface area contributed by atoms with Crippen LogP contribution in [-0.4, -0.2) is 49.7 Å². The molecule has 2 heterocycles. The molecule has 1 atom stereocenters. The SMILES string of the molecule is C[C@@H]1CCCN(C(=O)c2ccc(CS(=O)(=O)N3CCCCC3)cc2)C1. The van der Waals surface area contributed by atoms with Crippen molar-refractivity contribution in [3.05, 3.63) is 35.4 Å². The lowest BCUT2D eigenvalue weighted by Crippen LogP contribution is -2.39. The van der Waals surface area contributed by atoms with Gasteiger partial charge in [-0.1, -0.05) is 25.5 Å². The smallest absolute Gasteiger partial charge is 0.253 e. The van der Waals surface area contributed by atoms with Crippen molar-refractivity contribution in [3.8, 4) is 0 Å². The molecule has 1 aromatic carbocycles. The molecule has 2 saturated heterocycles. The first kappa shape index (κ1) is 18.4. The van der Waals surface area contributed by atoms with Crippen LogP contribution in [0.25, 0.3) is 0 Å². The van der Waals surface area contributed by atoms with Gasteiger partial charge in [0.2, 0.25) is 10.0 Å². The number of hydrogen-bond acceptors (Lipinski definition) is 3. The lowest BCUT2D eigenvalue weighted by Gasteiger charge is -2.31. The molecule has 0 saturated carbocycles. The number of rotatable bonds is 4. The van der Waals surface area contributed by atoms with Gasteiger partial charge in [0.05, 0.1) is 5.75 Å². The van der Waals surface area contributed by atoms with E-state index in [1.54, 1.807) is 28.6 Å². The Morgan fingerprint density at radius 1 is 1.04 bits per heavy atom. The average molecular weight is 365 g/mol. The summed E-state index contributed by atoms with van der Waals surface area (Å²) in [7, 11) is -3.26. The topological polar surface area (TPSA) is 57.7 Å². The third-order valence-corrected chi connectivity index (χ3v) is 7.05. The molecular weight excluding hydrogens is 336 g/mol. The monoisotopic (exact) mass is 364 g/mol. The minimum Gasteiger partial charge on any atom is -0.338 e. The van der Waals surface area contributed by atoms with Gasteiger partial charge in [0.1, 0.15) is 0 Å². The predicted molar refractivity (Wildman–Crippen MR) is 98.8 cm³/mol. The van der Waals surface area contributed by atoms with E-state index in [1.165, 1.54) is 6.42 Å². The first-order valence-electron chi connectivity index (χ1n) is 9.32. The molecule has 25 heavy (non-hydrogen) atoms. The van der Waals surface area contributed by atoms with Crippen LogP contribution in [0.3, 0.4) is 0 Å². The van der Waals surface area contributed by atoms with Crippen molar-refractivity contribution < 1.29 is 13.2 Å². The maximum Gasteiger partial charge on any atom is 0.253 e. The zero-order valence-electron chi connectivity index (χ0n) is 15.0. The highest BCUT2D eigenvalue weighted by Crippen LogP contribution is 2.20. The summed E-state index contributed by atoms with van der Waals surface area (Å²) in [6, 6.07) is 7.09. The van der Waals surface area contributed by atoms with Crippen molar-refractivity contribution in [2.45, 2.75) is 44.8 Å². The van der Waals surface area contributed by atoms with E-state index in [0.29, 0.717) is 24.6 Å². The molecule has 0 aromatic heterocycles. The van der Waals surface area contributed by atoms with Gasteiger partial charge in [0, 0.05) is 31.7 Å². The van der Waals surface area contributed by atoms with Gasteiger partial charge in [0.25, 0.3) is 5.91 Å². The van der Waals surface area contributed by atoms with E-state index in [1.807, 2.05) is 4.90 Å². The fourth-order valence-corrected chi connectivity index (χ4v) is 5.36. The Kier molecular flexibility index (Phi) is 5.79. The van der Waals surface area contributed by atoms with E-state index in [4.69, 9.17) is 0 Å². The number of sulfonamides is 1. The number of amides is 1. The van der Waals surface area contributed by atoms with Crippen LogP contribution >= 0.6 is 0 Å². The Morgan fingerprint density at radius 3 is 2.36 bits per heavy atom. The van der Waals surface area contributed by atoms with Crippen molar-refractivity contribution in [2.75, 3.05) is 26.2 Å². The summed E-state index contributed by atoms with van der Waals surface area (Å²) in [4.78, 5) is 14.5. The van der Waals surface area contributed by atoms with E-state index >= 15 is 0 Å². The fraction of sp³-hybridized carbons (Fsp3) is 0.632. The molecule has 2 aliphatic heterocycles. The van der Waals surface area contributed by atoms with Gasteiger partial charge in [-0.05, 0) is 49.3 Å². The molecule has 2 aliphatic rings. The molecule has 0 radical (unpaired) electrons. The Morgan fingerprint density at radius 2 is 1.72 bits per heavy atom. The number of nitrogens with zero attached hydrogens (tertiary/aromatic N) is 2. The van der Waals surface area contributed by atoms with Crippen LogP contribution in [0.15, 0.2) is 24.3 Å². The summed E-state index contributed by atoms with van der Waals surface area (Å²) < 4.78 is 26.6. The molecule has 0 bridgehead atoms. The van der Waals surface area contributed by atoms with Gasteiger partial charge in [-0.3, -0.25) is 4.79 Å². The first-order chi connectivity index (χ1) is 12.0. The van der Waals surface area contributed by atoms with Crippen LogP contribution in [0.4, 0.5) is 0 Å². The molecule has 0 unspecified atom stereocenters. The first-order valence-corrected chi connectivity index (χ1v) is 10.9. The van der Waals surface area contributed by atoms with Crippen molar-refractivity contribution in [3.63, 3.8) is 0 Å². The highest BCUT2D eigenvalue weighted by molar-refractivity contribution is 7.88. The molecule has 6 heteroatoms. The highest BCUT2D eigenvalue weighted by Gasteiger charge is 2.25. The minimum atomic E-state index is -3.26. The molecule has 3 rings (SSSR count). The number of hydrogen-bond donors (Lipinski definition) is 0. The van der Waals surface area contributed by atoms with Crippen molar-refractivity contribution in [1.82, 2.24) is 9.21 Å². The van der Waals surface area contributed by atoms with Gasteiger partial charge in [0.15, 0.2) is 0 Å². The number of carbonyl (C=O) groups excluding carboxylic acids is 1. The van der Waals surface area contributed by atoms with E-state index in [2.05, 4.69) is 6.92 Å². The second kappa shape index (κ2) is 7.87. The van der Waals surface area contributed by atoms with Gasteiger partial charge >= 0.3 is 0 Å². The van der Waals surface area contributed by atoms with Crippen molar-refractivity contribution in [1.29, 1.82) is 0 Å². The summed E-state index contributed by atoms with van der Waals surface area (Å²) in [5.41, 5.74) is 1.39. The third kappa shape index (κ3) is 4.61. The summed E-state index contributed by atoms with van der Waals surface area (Å²) in [5.74, 6) is 0.617. The summed E-state index contributed by atoms with van der Waals surface area (Å²) in [6.07, 6.45) is 5.23. The molecule has 1 amide bonds. The Balaban J connectivity index is 1.64. The van der Waals surface area contributed by atoms with Gasteiger partial charge in [-0.2, -0.15) is 0 Å². The predicted octanol–water partition coefficient (Wildman–Crippen LogP) is 2.87. The lowest BCUT2D eigenvalue weighted by molar-refractivity contribution is 0.0683. The van der Waals surface area contributed by atoms with Crippen LogP contribution in [0.2, 0.25) is 0 Å². The van der Waals surface area contributed by atoms with Crippen LogP contribution in [0.1, 0.15) is 54.9 Å². The number of carbonyl (C=O) groups is 1. The van der Waals surface area contributed by atoms with Crippen molar-refractivity contribution >= 4 is 15.9 Å². The summed E-state index contributed by atoms with van der Waals surface area (Å²) in [6.45, 7) is 5.06. The number of piperidine rings is 2. The summed E-state index contributed by atoms with van der Waals surface area (Å²) >= 11 is 0. The average Bonchev–Trinajstić information content (AvgIpc) is 2.62. The maximum atomic E-state index is 12.6. The van der Waals surface area contributed by atoms with Gasteiger partial charge in [-0.25, -0.2) is 12.7 Å². The third-order valence-electron chi connectivity index (χ3n) is 5.20. The van der Waals surface area contributed by atoms with Gasteiger partial charge < -0.3 is 4.90 Å². The lowest BCUT2D eigenvalue weighted by atomic mass is 9.99. The normalized spacial score (nSPS) is 22.8. The Labute approximate surface area is 151 Å². The standard InChI is InChI=1S/C19H28N2O3S/c1-16-6-5-11-20(14-16)19(22)18-9-7-17(8-10-18)15-25(23,24)21-12-3-2-4-13-21/h7-10,16H,2-6,11-15H2,1H3/t16-/m1/s1. The second-order valence-corrected chi connectivity index (χ2v) is 9.38. The largest absolute Gasteiger partial charge is 0.338 e. The Hall–Kier alpha value is -1.40. The van der Waals surface area contributed by atoms with Crippen LogP contribution in [0, 0.1) is 5.92 Å². The molecule has 0 aliphatic carbocycles. The maximum absolute atomic E-state index is 12.6. The van der Waals surface area contributed by atoms with Crippen LogP contribution < -0.4 is 0 Å². The number of benzene rings is 1. The van der Waals surface area contributed by atoms with Crippen LogP contribution in [-0.2, 0) is 15.8 Å². The molecule has 0 spiro atoms. The Bertz CT molecular complexity index is 694. The van der Waals surface area contributed by atoms with Gasteiger partial charge in [-0.15, -0.1) is 0 Å².